The van der Waals surface area contributed by atoms with E-state index in [-0.39, 0.29) is 0 Å². The smallest absolute Gasteiger partial charge is 0.340 e. The summed E-state index contributed by atoms with van der Waals surface area (Å²) in [5.74, 6) is 0. The van der Waals surface area contributed by atoms with Gasteiger partial charge in [0.25, 0.3) is 10.2 Å². The van der Waals surface area contributed by atoms with Crippen LogP contribution in [0, 0.1) is 6.92 Å². The molecule has 0 atom stereocenters. The molecule has 0 bridgehead atoms. The molecule has 0 aliphatic rings. The highest BCUT2D eigenvalue weighted by Crippen LogP contribution is 2.22. The highest BCUT2D eigenvalue weighted by Gasteiger charge is 2.12. The van der Waals surface area contributed by atoms with Crippen molar-refractivity contribution in [1.29, 1.82) is 0 Å². The van der Waals surface area contributed by atoms with Crippen molar-refractivity contribution in [3.05, 3.63) is 75.6 Å². The lowest BCUT2D eigenvalue weighted by molar-refractivity contribution is 0.551. The van der Waals surface area contributed by atoms with E-state index >= 15 is 0 Å². The van der Waals surface area contributed by atoms with Gasteiger partial charge in [0, 0.05) is 17.4 Å². The van der Waals surface area contributed by atoms with Gasteiger partial charge in [0.15, 0.2) is 0 Å². The first-order valence-corrected chi connectivity index (χ1v) is 8.79. The number of nitrogens with two attached hydrogens (primary N) is 1. The Bertz CT molecular complexity index is 1070. The van der Waals surface area contributed by atoms with Gasteiger partial charge in [0.1, 0.15) is 5.58 Å². The zero-order valence-corrected chi connectivity index (χ0v) is 13.8. The molecule has 7 heteroatoms. The van der Waals surface area contributed by atoms with Crippen LogP contribution in [0.4, 0.5) is 5.69 Å². The van der Waals surface area contributed by atoms with Crippen LogP contribution in [0.3, 0.4) is 0 Å². The van der Waals surface area contributed by atoms with Gasteiger partial charge in [0.05, 0.1) is 5.69 Å². The molecule has 3 rings (SSSR count). The van der Waals surface area contributed by atoms with Gasteiger partial charge in [-0.3, -0.25) is 4.72 Å². The lowest BCUT2D eigenvalue weighted by Gasteiger charge is -2.09. The van der Waals surface area contributed by atoms with E-state index in [1.54, 1.807) is 24.3 Å². The molecule has 1 heterocycles. The third-order valence-electron chi connectivity index (χ3n) is 3.76. The molecule has 0 aliphatic heterocycles. The molecule has 0 unspecified atom stereocenters. The predicted molar refractivity (Wildman–Crippen MR) is 93.2 cm³/mol. The van der Waals surface area contributed by atoms with Gasteiger partial charge in [-0.25, -0.2) is 9.93 Å². The van der Waals surface area contributed by atoms with Crippen molar-refractivity contribution in [1.82, 2.24) is 0 Å². The standard InChI is InChI=1S/C17H16N2O4S/c1-11-14-7-2-3-8-16(14)23-17(20)15(11)10-12-5-4-6-13(9-12)19-24(18,21)22/h2-9,19H,10H2,1H3,(H2,18,21,22). The summed E-state index contributed by atoms with van der Waals surface area (Å²) in [5.41, 5.74) is 2.67. The van der Waals surface area contributed by atoms with E-state index in [0.29, 0.717) is 23.3 Å². The highest BCUT2D eigenvalue weighted by atomic mass is 32.2. The van der Waals surface area contributed by atoms with Crippen LogP contribution in [-0.2, 0) is 16.6 Å². The second-order valence-electron chi connectivity index (χ2n) is 5.51. The molecule has 0 saturated carbocycles. The number of aryl methyl sites for hydroxylation is 1. The Hall–Kier alpha value is -2.64. The van der Waals surface area contributed by atoms with Gasteiger partial charge in [0.2, 0.25) is 0 Å². The highest BCUT2D eigenvalue weighted by molar-refractivity contribution is 7.90. The Kier molecular flexibility index (Phi) is 4.13. The number of rotatable bonds is 4. The molecule has 0 radical (unpaired) electrons. The molecule has 0 fully saturated rings. The first kappa shape index (κ1) is 16.2. The minimum atomic E-state index is -3.84. The largest absolute Gasteiger partial charge is 0.423 e. The quantitative estimate of drug-likeness (QED) is 0.709. The van der Waals surface area contributed by atoms with E-state index in [2.05, 4.69) is 4.72 Å². The van der Waals surface area contributed by atoms with Crippen LogP contribution < -0.4 is 15.5 Å². The zero-order chi connectivity index (χ0) is 17.3. The van der Waals surface area contributed by atoms with Crippen LogP contribution >= 0.6 is 0 Å². The second kappa shape index (κ2) is 6.10. The monoisotopic (exact) mass is 344 g/mol. The molecule has 1 aromatic heterocycles. The predicted octanol–water partition coefficient (Wildman–Crippen LogP) is 2.31. The maximum absolute atomic E-state index is 12.3. The topological polar surface area (TPSA) is 102 Å². The van der Waals surface area contributed by atoms with Crippen molar-refractivity contribution in [3.63, 3.8) is 0 Å². The van der Waals surface area contributed by atoms with E-state index in [1.807, 2.05) is 31.2 Å². The average Bonchev–Trinajstić information content (AvgIpc) is 2.50. The maximum Gasteiger partial charge on any atom is 0.340 e. The summed E-state index contributed by atoms with van der Waals surface area (Å²) in [6, 6.07) is 14.1. The van der Waals surface area contributed by atoms with Gasteiger partial charge in [-0.2, -0.15) is 8.42 Å². The Morgan fingerprint density at radius 2 is 1.88 bits per heavy atom. The Morgan fingerprint density at radius 1 is 1.12 bits per heavy atom. The first-order chi connectivity index (χ1) is 11.3. The third kappa shape index (κ3) is 3.47. The fourth-order valence-corrected chi connectivity index (χ4v) is 3.12. The fourth-order valence-electron chi connectivity index (χ4n) is 2.66. The van der Waals surface area contributed by atoms with Crippen molar-refractivity contribution in [2.45, 2.75) is 13.3 Å². The van der Waals surface area contributed by atoms with Crippen molar-refractivity contribution < 1.29 is 12.8 Å². The zero-order valence-electron chi connectivity index (χ0n) is 12.9. The summed E-state index contributed by atoms with van der Waals surface area (Å²) >= 11 is 0. The molecule has 6 nitrogen and oxygen atoms in total. The van der Waals surface area contributed by atoms with Gasteiger partial charge in [-0.15, -0.1) is 0 Å². The van der Waals surface area contributed by atoms with E-state index in [4.69, 9.17) is 9.56 Å². The van der Waals surface area contributed by atoms with Gasteiger partial charge in [-0.05, 0) is 36.2 Å². The van der Waals surface area contributed by atoms with E-state index in [9.17, 15) is 13.2 Å². The average molecular weight is 344 g/mol. The van der Waals surface area contributed by atoms with Crippen LogP contribution in [0.2, 0.25) is 0 Å². The minimum absolute atomic E-state index is 0.332. The molecular formula is C17H16N2O4S. The van der Waals surface area contributed by atoms with Crippen LogP contribution in [-0.4, -0.2) is 8.42 Å². The van der Waals surface area contributed by atoms with Gasteiger partial charge in [-0.1, -0.05) is 30.3 Å². The third-order valence-corrected chi connectivity index (χ3v) is 4.28. The molecule has 2 aromatic carbocycles. The van der Waals surface area contributed by atoms with Crippen molar-refractivity contribution in [2.24, 2.45) is 5.14 Å². The summed E-state index contributed by atoms with van der Waals surface area (Å²) in [7, 11) is -3.84. The summed E-state index contributed by atoms with van der Waals surface area (Å²) in [6.45, 7) is 1.88. The molecule has 0 saturated heterocycles. The lowest BCUT2D eigenvalue weighted by atomic mass is 9.99. The number of nitrogens with one attached hydrogen (secondary N) is 1. The van der Waals surface area contributed by atoms with Crippen molar-refractivity contribution in [3.8, 4) is 0 Å². The fraction of sp³-hybridized carbons (Fsp3) is 0.118. The number of para-hydroxylation sites is 1. The number of fused-ring (bicyclic) bond motifs is 1. The number of hydrogen-bond donors (Lipinski definition) is 2. The van der Waals surface area contributed by atoms with Crippen molar-refractivity contribution >= 4 is 26.9 Å². The van der Waals surface area contributed by atoms with E-state index in [0.717, 1.165) is 16.5 Å². The Morgan fingerprint density at radius 3 is 2.62 bits per heavy atom. The second-order valence-corrected chi connectivity index (χ2v) is 6.81. The number of anilines is 1. The molecule has 0 spiro atoms. The van der Waals surface area contributed by atoms with Gasteiger partial charge < -0.3 is 4.42 Å². The van der Waals surface area contributed by atoms with Crippen LogP contribution in [0.15, 0.2) is 57.7 Å². The van der Waals surface area contributed by atoms with Crippen LogP contribution in [0.1, 0.15) is 16.7 Å². The summed E-state index contributed by atoms with van der Waals surface area (Å²) in [6.07, 6.45) is 0.332. The maximum atomic E-state index is 12.3. The van der Waals surface area contributed by atoms with Crippen LogP contribution in [0.5, 0.6) is 0 Å². The van der Waals surface area contributed by atoms with E-state index in [1.165, 1.54) is 0 Å². The summed E-state index contributed by atoms with van der Waals surface area (Å²) < 4.78 is 29.8. The van der Waals surface area contributed by atoms with E-state index < -0.39 is 15.8 Å². The molecule has 3 N–H and O–H groups in total. The SMILES string of the molecule is Cc1c(Cc2cccc(NS(N)(=O)=O)c2)c(=O)oc2ccccc12. The molecule has 124 valence electrons. The Labute approximate surface area is 139 Å². The Balaban J connectivity index is 2.01. The first-order valence-electron chi connectivity index (χ1n) is 7.24. The molecule has 24 heavy (non-hydrogen) atoms. The van der Waals surface area contributed by atoms with Gasteiger partial charge >= 0.3 is 5.63 Å². The normalized spacial score (nSPS) is 11.6. The summed E-state index contributed by atoms with van der Waals surface area (Å²) in [5, 5.41) is 5.86. The summed E-state index contributed by atoms with van der Waals surface area (Å²) in [4.78, 5) is 12.3. The van der Waals surface area contributed by atoms with Crippen molar-refractivity contribution in [2.75, 3.05) is 4.72 Å². The molecule has 3 aromatic rings. The number of benzene rings is 2. The number of hydrogen-bond acceptors (Lipinski definition) is 4. The minimum Gasteiger partial charge on any atom is -0.423 e. The van der Waals surface area contributed by atoms with Crippen LogP contribution in [0.25, 0.3) is 11.0 Å². The molecule has 0 amide bonds. The molecule has 0 aliphatic carbocycles. The molecular weight excluding hydrogens is 328 g/mol. The lowest BCUT2D eigenvalue weighted by Crippen LogP contribution is -2.21.